The minimum absolute atomic E-state index is 0.0525. The van der Waals surface area contributed by atoms with E-state index < -0.39 is 10.0 Å². The number of benzene rings is 3. The maximum atomic E-state index is 13.1. The maximum Gasteiger partial charge on any atom is 0.264 e. The van der Waals surface area contributed by atoms with Crippen LogP contribution in [0.5, 0.6) is 5.75 Å². The van der Waals surface area contributed by atoms with Gasteiger partial charge in [-0.15, -0.1) is 4.91 Å². The summed E-state index contributed by atoms with van der Waals surface area (Å²) in [7, 11) is -0.936. The van der Waals surface area contributed by atoms with Gasteiger partial charge in [0.15, 0.2) is 0 Å². The van der Waals surface area contributed by atoms with E-state index >= 15 is 0 Å². The molecule has 0 fully saturated rings. The van der Waals surface area contributed by atoms with Gasteiger partial charge in [0.1, 0.15) is 11.4 Å². The smallest absolute Gasteiger partial charge is 0.264 e. The molecule has 0 atom stereocenters. The minimum Gasteiger partial charge on any atom is -0.495 e. The number of carbonyl (C=O) groups is 1. The fraction of sp³-hybridized carbons (Fsp3) is 0.174. The second-order valence-electron chi connectivity index (χ2n) is 7.28. The number of sulfonamides is 1. The van der Waals surface area contributed by atoms with Gasteiger partial charge in [0.25, 0.3) is 15.9 Å². The molecule has 0 radical (unpaired) electrons. The zero-order valence-electron chi connectivity index (χ0n) is 17.6. The molecule has 0 aliphatic carbocycles. The van der Waals surface area contributed by atoms with Crippen LogP contribution in [-0.4, -0.2) is 35.0 Å². The SMILES string of the molecule is COc1ccccc1N(C)S(=O)(=O)c1ccc(C(=O)N2CCc3ccc(N=O)cc32)cc1. The lowest BCUT2D eigenvalue weighted by Gasteiger charge is -2.22. The van der Waals surface area contributed by atoms with E-state index in [-0.39, 0.29) is 16.5 Å². The summed E-state index contributed by atoms with van der Waals surface area (Å²) < 4.78 is 32.6. The van der Waals surface area contributed by atoms with Crippen LogP contribution >= 0.6 is 0 Å². The third kappa shape index (κ3) is 3.71. The molecule has 32 heavy (non-hydrogen) atoms. The number of nitroso groups, excluding NO2 is 1. The van der Waals surface area contributed by atoms with Crippen LogP contribution in [0.1, 0.15) is 15.9 Å². The van der Waals surface area contributed by atoms with Gasteiger partial charge < -0.3 is 9.64 Å². The highest BCUT2D eigenvalue weighted by Crippen LogP contribution is 2.34. The van der Waals surface area contributed by atoms with Crippen LogP contribution in [0.25, 0.3) is 0 Å². The lowest BCUT2D eigenvalue weighted by molar-refractivity contribution is 0.0989. The highest BCUT2D eigenvalue weighted by molar-refractivity contribution is 7.92. The van der Waals surface area contributed by atoms with Crippen LogP contribution in [0.3, 0.4) is 0 Å². The van der Waals surface area contributed by atoms with Crippen molar-refractivity contribution >= 4 is 33.0 Å². The third-order valence-corrected chi connectivity index (χ3v) is 7.28. The number of hydrogen-bond acceptors (Lipinski definition) is 6. The summed E-state index contributed by atoms with van der Waals surface area (Å²) in [6.45, 7) is 0.479. The molecular formula is C23H21N3O5S. The van der Waals surface area contributed by atoms with E-state index in [0.29, 0.717) is 35.7 Å². The van der Waals surface area contributed by atoms with Crippen LogP contribution in [0.2, 0.25) is 0 Å². The first kappa shape index (κ1) is 21.5. The fourth-order valence-electron chi connectivity index (χ4n) is 3.74. The molecule has 1 amide bonds. The van der Waals surface area contributed by atoms with E-state index in [9.17, 15) is 18.1 Å². The summed E-state index contributed by atoms with van der Waals surface area (Å²) in [5.41, 5.74) is 2.62. The van der Waals surface area contributed by atoms with Crippen LogP contribution in [0.15, 0.2) is 76.8 Å². The Hall–Kier alpha value is -3.72. The van der Waals surface area contributed by atoms with E-state index in [0.717, 1.165) is 9.87 Å². The molecule has 3 aromatic rings. The molecule has 0 unspecified atom stereocenters. The molecule has 1 aliphatic heterocycles. The van der Waals surface area contributed by atoms with Crippen molar-refractivity contribution in [1.82, 2.24) is 0 Å². The predicted octanol–water partition coefficient (Wildman–Crippen LogP) is 4.12. The number of hydrogen-bond donors (Lipinski definition) is 0. The molecule has 0 aromatic heterocycles. The van der Waals surface area contributed by atoms with Crippen molar-refractivity contribution in [1.29, 1.82) is 0 Å². The lowest BCUT2D eigenvalue weighted by atomic mass is 10.1. The van der Waals surface area contributed by atoms with E-state index in [1.165, 1.54) is 38.4 Å². The van der Waals surface area contributed by atoms with Crippen LogP contribution in [0.4, 0.5) is 17.1 Å². The summed E-state index contributed by atoms with van der Waals surface area (Å²) in [5, 5.41) is 2.94. The second kappa shape index (κ2) is 8.43. The first-order valence-corrected chi connectivity index (χ1v) is 11.3. The highest BCUT2D eigenvalue weighted by Gasteiger charge is 2.27. The summed E-state index contributed by atoms with van der Waals surface area (Å²) in [6.07, 6.45) is 0.677. The van der Waals surface area contributed by atoms with E-state index in [1.807, 2.05) is 0 Å². The van der Waals surface area contributed by atoms with Crippen molar-refractivity contribution < 1.29 is 17.9 Å². The van der Waals surface area contributed by atoms with E-state index in [4.69, 9.17) is 4.74 Å². The Morgan fingerprint density at radius 1 is 1.06 bits per heavy atom. The minimum atomic E-state index is -3.86. The summed E-state index contributed by atoms with van der Waals surface area (Å²) in [5.74, 6) is 0.163. The van der Waals surface area contributed by atoms with Gasteiger partial charge in [-0.1, -0.05) is 18.2 Å². The number of anilines is 2. The maximum absolute atomic E-state index is 13.1. The molecule has 9 heteroatoms. The average molecular weight is 452 g/mol. The van der Waals surface area contributed by atoms with Crippen molar-refractivity contribution in [3.63, 3.8) is 0 Å². The fourth-order valence-corrected chi connectivity index (χ4v) is 4.94. The molecular weight excluding hydrogens is 430 g/mol. The van der Waals surface area contributed by atoms with Crippen molar-refractivity contribution in [2.45, 2.75) is 11.3 Å². The number of carbonyl (C=O) groups excluding carboxylic acids is 1. The molecule has 4 rings (SSSR count). The van der Waals surface area contributed by atoms with E-state index in [1.54, 1.807) is 47.4 Å². The molecule has 164 valence electrons. The van der Waals surface area contributed by atoms with Crippen molar-refractivity contribution in [2.24, 2.45) is 5.18 Å². The Morgan fingerprint density at radius 2 is 1.78 bits per heavy atom. The molecule has 0 spiro atoms. The Kier molecular flexibility index (Phi) is 5.67. The summed E-state index contributed by atoms with van der Waals surface area (Å²) in [6, 6.07) is 17.6. The monoisotopic (exact) mass is 451 g/mol. The van der Waals surface area contributed by atoms with Gasteiger partial charge in [-0.25, -0.2) is 8.42 Å². The van der Waals surface area contributed by atoms with Crippen molar-refractivity contribution in [2.75, 3.05) is 29.9 Å². The first-order valence-electron chi connectivity index (χ1n) is 9.87. The average Bonchev–Trinajstić information content (AvgIpc) is 3.26. The largest absolute Gasteiger partial charge is 0.495 e. The van der Waals surface area contributed by atoms with Gasteiger partial charge in [0.05, 0.1) is 17.7 Å². The summed E-state index contributed by atoms with van der Waals surface area (Å²) in [4.78, 5) is 25.5. The quantitative estimate of drug-likeness (QED) is 0.525. The Labute approximate surface area is 186 Å². The van der Waals surface area contributed by atoms with Crippen molar-refractivity contribution in [3.8, 4) is 5.75 Å². The zero-order chi connectivity index (χ0) is 22.9. The number of para-hydroxylation sites is 2. The topological polar surface area (TPSA) is 96.3 Å². The molecule has 0 bridgehead atoms. The van der Waals surface area contributed by atoms with Crippen LogP contribution in [0, 0.1) is 4.91 Å². The third-order valence-electron chi connectivity index (χ3n) is 5.50. The predicted molar refractivity (Wildman–Crippen MR) is 122 cm³/mol. The van der Waals surface area contributed by atoms with Gasteiger partial charge in [0.2, 0.25) is 0 Å². The lowest BCUT2D eigenvalue weighted by Crippen LogP contribution is -2.29. The Morgan fingerprint density at radius 3 is 2.47 bits per heavy atom. The van der Waals surface area contributed by atoms with Crippen molar-refractivity contribution in [3.05, 3.63) is 82.8 Å². The molecule has 0 N–H and O–H groups in total. The summed E-state index contributed by atoms with van der Waals surface area (Å²) >= 11 is 0. The Bertz CT molecular complexity index is 1290. The number of methoxy groups -OCH3 is 1. The molecule has 1 heterocycles. The number of rotatable bonds is 6. The van der Waals surface area contributed by atoms with E-state index in [2.05, 4.69) is 5.18 Å². The number of fused-ring (bicyclic) bond motifs is 1. The van der Waals surface area contributed by atoms with Gasteiger partial charge >= 0.3 is 0 Å². The second-order valence-corrected chi connectivity index (χ2v) is 9.25. The van der Waals surface area contributed by atoms with Gasteiger partial charge in [-0.05, 0) is 65.7 Å². The van der Waals surface area contributed by atoms with Crippen LogP contribution in [-0.2, 0) is 16.4 Å². The zero-order valence-corrected chi connectivity index (χ0v) is 18.4. The molecule has 0 saturated carbocycles. The number of amides is 1. The van der Waals surface area contributed by atoms with Gasteiger partial charge in [-0.2, -0.15) is 0 Å². The van der Waals surface area contributed by atoms with Gasteiger partial charge in [-0.3, -0.25) is 9.10 Å². The standard InChI is InChI=1S/C23H21N3O5S/c1-25(20-5-3-4-6-22(20)31-2)32(29,30)19-11-8-17(9-12-19)23(27)26-14-13-16-7-10-18(24-28)15-21(16)26/h3-12,15H,13-14H2,1-2H3. The number of nitrogens with zero attached hydrogens (tertiary/aromatic N) is 3. The molecule has 3 aromatic carbocycles. The highest BCUT2D eigenvalue weighted by atomic mass is 32.2. The van der Waals surface area contributed by atoms with Crippen LogP contribution < -0.4 is 13.9 Å². The molecule has 1 aliphatic rings. The molecule has 8 nitrogen and oxygen atoms in total. The first-order chi connectivity index (χ1) is 15.4. The van der Waals surface area contributed by atoms with Gasteiger partial charge in [0, 0.05) is 24.8 Å². The number of ether oxygens (including phenoxy) is 1. The normalized spacial score (nSPS) is 12.9. The molecule has 0 saturated heterocycles. The Balaban J connectivity index is 1.60.